The number of unbranched alkanes of at least 4 members (excludes halogenated alkanes) is 3. The van der Waals surface area contributed by atoms with E-state index in [0.29, 0.717) is 18.6 Å². The van der Waals surface area contributed by atoms with E-state index < -0.39 is 0 Å². The molecule has 134 valence electrons. The number of hydrogen-bond acceptors (Lipinski definition) is 4. The Kier molecular flexibility index (Phi) is 6.42. The van der Waals surface area contributed by atoms with Gasteiger partial charge in [-0.05, 0) is 30.5 Å². The van der Waals surface area contributed by atoms with Crippen LogP contribution in [0.3, 0.4) is 0 Å². The van der Waals surface area contributed by atoms with Gasteiger partial charge in [-0.25, -0.2) is 4.79 Å². The van der Waals surface area contributed by atoms with Crippen molar-refractivity contribution in [3.63, 3.8) is 0 Å². The van der Waals surface area contributed by atoms with E-state index in [1.54, 1.807) is 12.1 Å². The van der Waals surface area contributed by atoms with Gasteiger partial charge in [0.15, 0.2) is 6.29 Å². The average molecular weight is 342 g/mol. The van der Waals surface area contributed by atoms with Gasteiger partial charge in [-0.1, -0.05) is 56.2 Å². The third-order valence-electron chi connectivity index (χ3n) is 4.47. The lowest BCUT2D eigenvalue weighted by Crippen LogP contribution is -2.22. The van der Waals surface area contributed by atoms with E-state index in [0.717, 1.165) is 12.0 Å². The summed E-state index contributed by atoms with van der Waals surface area (Å²) in [5.41, 5.74) is 1.63. The molecule has 2 aliphatic rings. The van der Waals surface area contributed by atoms with Crippen LogP contribution >= 0.6 is 0 Å². The number of carbonyl (C=O) groups excluding carboxylic acids is 1. The van der Waals surface area contributed by atoms with Crippen molar-refractivity contribution >= 4 is 5.97 Å². The number of carbonyl (C=O) groups is 1. The highest BCUT2D eigenvalue weighted by atomic mass is 16.7. The number of ether oxygens (including phenoxy) is 3. The van der Waals surface area contributed by atoms with E-state index in [1.165, 1.54) is 19.3 Å². The zero-order valence-electron chi connectivity index (χ0n) is 14.7. The van der Waals surface area contributed by atoms with Crippen LogP contribution in [0.5, 0.6) is 0 Å². The summed E-state index contributed by atoms with van der Waals surface area (Å²) in [6, 6.07) is 9.05. The third-order valence-corrected chi connectivity index (χ3v) is 4.47. The van der Waals surface area contributed by atoms with Gasteiger partial charge in [0.1, 0.15) is 18.8 Å². The highest BCUT2D eigenvalue weighted by Gasteiger charge is 2.37. The number of allylic oxidation sites excluding steroid dienone is 1. The predicted octanol–water partition coefficient (Wildman–Crippen LogP) is 4.42. The molecule has 1 aromatic carbocycles. The molecule has 4 nitrogen and oxygen atoms in total. The minimum absolute atomic E-state index is 0.0334. The summed E-state index contributed by atoms with van der Waals surface area (Å²) in [5, 5.41) is 0. The van der Waals surface area contributed by atoms with Crippen molar-refractivity contribution < 1.29 is 19.0 Å². The summed E-state index contributed by atoms with van der Waals surface area (Å²) in [7, 11) is 0. The topological polar surface area (TPSA) is 44.8 Å². The molecule has 0 N–H and O–H groups in total. The lowest BCUT2D eigenvalue weighted by molar-refractivity contribution is -0.0621. The summed E-state index contributed by atoms with van der Waals surface area (Å²) < 4.78 is 17.1. The molecular formula is C21H26O4. The minimum Gasteiger partial charge on any atom is -0.458 e. The molecule has 0 aliphatic carbocycles. The Morgan fingerprint density at radius 3 is 2.88 bits per heavy atom. The van der Waals surface area contributed by atoms with Gasteiger partial charge in [0.05, 0.1) is 5.56 Å². The van der Waals surface area contributed by atoms with Gasteiger partial charge in [0.25, 0.3) is 0 Å². The van der Waals surface area contributed by atoms with Gasteiger partial charge < -0.3 is 14.2 Å². The lowest BCUT2D eigenvalue weighted by atomic mass is 10.1. The second-order valence-electron chi connectivity index (χ2n) is 6.53. The van der Waals surface area contributed by atoms with Crippen molar-refractivity contribution in [2.45, 2.75) is 57.5 Å². The van der Waals surface area contributed by atoms with Crippen LogP contribution in [0.15, 0.2) is 54.1 Å². The second kappa shape index (κ2) is 8.97. The van der Waals surface area contributed by atoms with Gasteiger partial charge in [-0.3, -0.25) is 0 Å². The number of benzene rings is 1. The molecule has 1 saturated heterocycles. The Labute approximate surface area is 149 Å². The Bertz CT molecular complexity index is 620. The molecule has 0 unspecified atom stereocenters. The molecule has 3 atom stereocenters. The zero-order valence-corrected chi connectivity index (χ0v) is 14.7. The van der Waals surface area contributed by atoms with E-state index >= 15 is 0 Å². The number of rotatable bonds is 8. The average Bonchev–Trinajstić information content (AvgIpc) is 2.93. The highest BCUT2D eigenvalue weighted by molar-refractivity contribution is 5.89. The maximum atomic E-state index is 12.0. The summed E-state index contributed by atoms with van der Waals surface area (Å²) >= 11 is 0. The highest BCUT2D eigenvalue weighted by Crippen LogP contribution is 2.31. The van der Waals surface area contributed by atoms with Crippen molar-refractivity contribution in [3.8, 4) is 0 Å². The summed E-state index contributed by atoms with van der Waals surface area (Å²) in [6.07, 6.45) is 11.4. The molecule has 1 fully saturated rings. The van der Waals surface area contributed by atoms with E-state index in [1.807, 2.05) is 24.3 Å². The van der Waals surface area contributed by atoms with E-state index in [9.17, 15) is 4.79 Å². The van der Waals surface area contributed by atoms with Crippen LogP contribution in [-0.2, 0) is 14.2 Å². The smallest absolute Gasteiger partial charge is 0.338 e. The van der Waals surface area contributed by atoms with Gasteiger partial charge >= 0.3 is 5.97 Å². The second-order valence-corrected chi connectivity index (χ2v) is 6.53. The normalized spacial score (nSPS) is 25.2. The van der Waals surface area contributed by atoms with E-state index in [4.69, 9.17) is 14.2 Å². The monoisotopic (exact) mass is 342 g/mol. The molecular weight excluding hydrogens is 316 g/mol. The molecule has 4 heteroatoms. The maximum Gasteiger partial charge on any atom is 0.338 e. The Hall–Kier alpha value is -1.91. The van der Waals surface area contributed by atoms with E-state index in [-0.39, 0.29) is 24.5 Å². The van der Waals surface area contributed by atoms with Crippen LogP contribution in [-0.4, -0.2) is 31.1 Å². The summed E-state index contributed by atoms with van der Waals surface area (Å²) in [4.78, 5) is 12.0. The van der Waals surface area contributed by atoms with Crippen molar-refractivity contribution in [2.75, 3.05) is 6.61 Å². The standard InChI is InChI=1S/C21H26O4/c1-2-3-4-5-9-12-18-19-13-16(14-20(24-18)25-19)15-23-21(22)17-10-7-6-8-11-17/h6-13,18-20H,2-5,14-15H2,1H3/b12-9+/t18-,19-,20+/m0/s1. The van der Waals surface area contributed by atoms with Crippen molar-refractivity contribution in [2.24, 2.45) is 0 Å². The molecule has 2 aliphatic heterocycles. The number of hydrogen-bond donors (Lipinski definition) is 0. The third kappa shape index (κ3) is 5.03. The molecule has 2 heterocycles. The molecule has 3 rings (SSSR count). The van der Waals surface area contributed by atoms with Gasteiger partial charge in [0, 0.05) is 6.42 Å². The van der Waals surface area contributed by atoms with E-state index in [2.05, 4.69) is 19.1 Å². The molecule has 0 spiro atoms. The molecule has 25 heavy (non-hydrogen) atoms. The van der Waals surface area contributed by atoms with Gasteiger partial charge in [0.2, 0.25) is 0 Å². The van der Waals surface area contributed by atoms with Crippen molar-refractivity contribution in [1.29, 1.82) is 0 Å². The fourth-order valence-electron chi connectivity index (χ4n) is 3.10. The number of esters is 1. The predicted molar refractivity (Wildman–Crippen MR) is 96.2 cm³/mol. The SMILES string of the molecule is CCCCC/C=C/[C@@H]1O[C@H]2CC(COC(=O)c3ccccc3)=C[C@@H]1O2. The molecule has 0 saturated carbocycles. The van der Waals surface area contributed by atoms with Crippen LogP contribution < -0.4 is 0 Å². The van der Waals surface area contributed by atoms with Crippen LogP contribution in [0.2, 0.25) is 0 Å². The maximum absolute atomic E-state index is 12.0. The Morgan fingerprint density at radius 2 is 2.08 bits per heavy atom. The van der Waals surface area contributed by atoms with Crippen molar-refractivity contribution in [1.82, 2.24) is 0 Å². The first kappa shape index (κ1) is 17.9. The summed E-state index contributed by atoms with van der Waals surface area (Å²) in [5.74, 6) is -0.298. The largest absolute Gasteiger partial charge is 0.458 e. The van der Waals surface area contributed by atoms with Crippen molar-refractivity contribution in [3.05, 3.63) is 59.7 Å². The first-order valence-electron chi connectivity index (χ1n) is 9.15. The zero-order chi connectivity index (χ0) is 17.5. The van der Waals surface area contributed by atoms with Gasteiger partial charge in [-0.2, -0.15) is 0 Å². The molecule has 0 radical (unpaired) electrons. The molecule has 0 aromatic heterocycles. The fraction of sp³-hybridized carbons (Fsp3) is 0.476. The Balaban J connectivity index is 1.49. The quantitative estimate of drug-likeness (QED) is 0.398. The summed E-state index contributed by atoms with van der Waals surface area (Å²) in [6.45, 7) is 2.50. The fourth-order valence-corrected chi connectivity index (χ4v) is 3.10. The first-order chi connectivity index (χ1) is 12.3. The van der Waals surface area contributed by atoms with Crippen LogP contribution in [0.1, 0.15) is 49.4 Å². The van der Waals surface area contributed by atoms with Gasteiger partial charge in [-0.15, -0.1) is 0 Å². The molecule has 2 bridgehead atoms. The Morgan fingerprint density at radius 1 is 1.24 bits per heavy atom. The van der Waals surface area contributed by atoms with Crippen LogP contribution in [0, 0.1) is 0 Å². The molecule has 1 aromatic rings. The van der Waals surface area contributed by atoms with Crippen LogP contribution in [0.25, 0.3) is 0 Å². The number of fused-ring (bicyclic) bond motifs is 2. The first-order valence-corrected chi connectivity index (χ1v) is 9.15. The molecule has 0 amide bonds. The minimum atomic E-state index is -0.298. The lowest BCUT2D eigenvalue weighted by Gasteiger charge is -2.18. The van der Waals surface area contributed by atoms with Crippen LogP contribution in [0.4, 0.5) is 0 Å².